The van der Waals surface area contributed by atoms with Crippen LogP contribution in [0.1, 0.15) is 83.1 Å². The van der Waals surface area contributed by atoms with Gasteiger partial charge in [0, 0.05) is 66.9 Å². The van der Waals surface area contributed by atoms with E-state index in [1.54, 1.807) is 0 Å². The molecule has 25 nitrogen and oxygen atoms in total. The van der Waals surface area contributed by atoms with E-state index in [9.17, 15) is 28.8 Å². The molecule has 0 aliphatic carbocycles. The largest absolute Gasteiger partial charge is 0.516 e. The zero-order valence-corrected chi connectivity index (χ0v) is 47.8. The Bertz CT molecular complexity index is 2700. The average molecular weight is 1140 g/mol. The topological polar surface area (TPSA) is 319 Å². The first-order valence-corrected chi connectivity index (χ1v) is 23.1. The summed E-state index contributed by atoms with van der Waals surface area (Å²) in [4.78, 5) is 179. The monoisotopic (exact) mass is 1140 g/mol. The highest BCUT2D eigenvalue weighted by atomic mass is 17.0. The van der Waals surface area contributed by atoms with Gasteiger partial charge in [0.1, 0.15) is 0 Å². The van der Waals surface area contributed by atoms with Crippen LogP contribution in [0.3, 0.4) is 0 Å². The summed E-state index contributed by atoms with van der Waals surface area (Å²) in [6, 6.07) is 0. The molecule has 0 aliphatic rings. The Morgan fingerprint density at radius 3 is 0.630 bits per heavy atom. The first-order chi connectivity index (χ1) is 36.8. The lowest BCUT2D eigenvalue weighted by Gasteiger charge is -2.58. The number of hydrogen-bond donors (Lipinski definition) is 0. The number of rotatable bonds is 30. The molecular formula is C56H67NO24. The average Bonchev–Trinajstić information content (AvgIpc) is 3.33. The van der Waals surface area contributed by atoms with Gasteiger partial charge in [-0.15, -0.1) is 0 Å². The zero-order valence-electron chi connectivity index (χ0n) is 47.8. The summed E-state index contributed by atoms with van der Waals surface area (Å²) in [5, 5.41) is 0. The molecule has 0 amide bonds. The van der Waals surface area contributed by atoms with Crippen LogP contribution in [0.15, 0.2) is 146 Å². The summed E-state index contributed by atoms with van der Waals surface area (Å²) in [6.07, 6.45) is -3.18. The first kappa shape index (κ1) is 71.5. The molecule has 0 rings (SSSR count). The fraction of sp³-hybridized carbons (Fsp3) is 0.357. The molecule has 0 saturated heterocycles. The Labute approximate surface area is 468 Å². The quantitative estimate of drug-likeness (QED) is 0.0358. The number of esters is 12. The first-order valence-electron chi connectivity index (χ1n) is 23.1. The van der Waals surface area contributed by atoms with E-state index in [1.807, 2.05) is 0 Å². The molecular weight excluding hydrogens is 1070 g/mol. The second-order valence-corrected chi connectivity index (χ2v) is 18.4. The molecule has 0 fully saturated rings. The Morgan fingerprint density at radius 1 is 0.259 bits per heavy atom. The van der Waals surface area contributed by atoms with E-state index in [4.69, 9.17) is 56.8 Å². The van der Waals surface area contributed by atoms with Crippen LogP contribution in [0.4, 0.5) is 0 Å². The van der Waals surface area contributed by atoms with Gasteiger partial charge in [-0.05, 0) is 97.2 Å². The molecule has 0 bridgehead atoms. The maximum atomic E-state index is 15.3. The molecule has 0 aromatic rings. The van der Waals surface area contributed by atoms with Crippen LogP contribution in [0, 0.1) is 0 Å². The molecule has 0 radical (unpaired) electrons. The normalized spacial score (nSPS) is 11.6. The van der Waals surface area contributed by atoms with Crippen LogP contribution in [0.2, 0.25) is 0 Å². The van der Waals surface area contributed by atoms with E-state index in [-0.39, 0.29) is 0 Å². The molecule has 1 unspecified atom stereocenters. The summed E-state index contributed by atoms with van der Waals surface area (Å²) < 4.78 is 71.2. The summed E-state index contributed by atoms with van der Waals surface area (Å²) in [5.41, 5.74) is -10.7. The van der Waals surface area contributed by atoms with Crippen molar-refractivity contribution in [3.8, 4) is 0 Å². The van der Waals surface area contributed by atoms with Crippen LogP contribution < -0.4 is 0 Å². The molecule has 0 aromatic heterocycles. The van der Waals surface area contributed by atoms with Gasteiger partial charge >= 0.3 is 101 Å². The van der Waals surface area contributed by atoms with E-state index >= 15 is 28.8 Å². The van der Waals surface area contributed by atoms with Gasteiger partial charge in [-0.2, -0.15) is 0 Å². The van der Waals surface area contributed by atoms with Crippen molar-refractivity contribution < 1.29 is 114 Å². The summed E-state index contributed by atoms with van der Waals surface area (Å²) in [7, 11) is 1.78. The second kappa shape index (κ2) is 27.9. The van der Waals surface area contributed by atoms with Gasteiger partial charge in [0.2, 0.25) is 6.23 Å². The smallest absolute Gasteiger partial charge is 0.434 e. The summed E-state index contributed by atoms with van der Waals surface area (Å²) in [6.45, 7) is 51.9. The van der Waals surface area contributed by atoms with Crippen molar-refractivity contribution in [1.29, 1.82) is 0 Å². The number of nitrogens with zero attached hydrogens (tertiary/aromatic N) is 1. The third-order valence-electron chi connectivity index (χ3n) is 9.51. The van der Waals surface area contributed by atoms with Gasteiger partial charge in [0.25, 0.3) is 0 Å². The van der Waals surface area contributed by atoms with Crippen molar-refractivity contribution in [2.75, 3.05) is 14.1 Å². The van der Waals surface area contributed by atoms with Crippen molar-refractivity contribution in [3.05, 3.63) is 146 Å². The number of carbonyl (C=O) groups is 12. The van der Waals surface area contributed by atoms with Crippen LogP contribution in [-0.2, 0) is 114 Å². The van der Waals surface area contributed by atoms with Gasteiger partial charge in [-0.25, -0.2) is 57.5 Å². The van der Waals surface area contributed by atoms with Crippen molar-refractivity contribution in [3.63, 3.8) is 0 Å². The lowest BCUT2D eigenvalue weighted by molar-refractivity contribution is -0.553. The fourth-order valence-corrected chi connectivity index (χ4v) is 5.31. The minimum Gasteiger partial charge on any atom is -0.434 e. The highest BCUT2D eigenvalue weighted by Crippen LogP contribution is 2.59. The number of carbonyl (C=O) groups excluding carboxylic acids is 12. The van der Waals surface area contributed by atoms with Gasteiger partial charge < -0.3 is 56.8 Å². The highest BCUT2D eigenvalue weighted by molar-refractivity contribution is 5.96. The second-order valence-electron chi connectivity index (χ2n) is 18.4. The summed E-state index contributed by atoms with van der Waals surface area (Å²) in [5.74, 6) is -51.0. The standard InChI is InChI=1S/C56H67NO24/c1-27(2)39(58)70-51(57(25)26)52(71-40(59)28(3)4,72-41(60)29(5)6)53(73-42(61)30(7)8,74-43(62)31(9)10)54(75-44(63)32(11)12,76-45(64)33(13)14)55(77-46(65)34(15)16,78-47(66)35(17)18)56(79-48(67)36(19)20,80-49(68)37(21)22)81-50(69)38(23)24/h51H,1,3,5,7,9,11,13,15,17,19,21,23H2,2,4,6,8,10,12,14,16,18,20,22,24-26H3. The van der Waals surface area contributed by atoms with Crippen molar-refractivity contribution in [1.82, 2.24) is 4.90 Å². The highest BCUT2D eigenvalue weighted by Gasteiger charge is 2.98. The number of ether oxygens (including phenoxy) is 12. The molecule has 0 aliphatic heterocycles. The van der Waals surface area contributed by atoms with E-state index in [0.29, 0.717) is 4.90 Å². The molecule has 0 aromatic carbocycles. The van der Waals surface area contributed by atoms with Crippen LogP contribution in [0.25, 0.3) is 0 Å². The summed E-state index contributed by atoms with van der Waals surface area (Å²) >= 11 is 0. The number of likely N-dealkylation sites (N-methyl/N-ethyl adjacent to an activating group) is 1. The Hall–Kier alpha value is -9.52. The van der Waals surface area contributed by atoms with Crippen molar-refractivity contribution >= 4 is 71.6 Å². The van der Waals surface area contributed by atoms with Crippen molar-refractivity contribution in [2.24, 2.45) is 0 Å². The molecule has 25 heteroatoms. The lowest BCUT2D eigenvalue weighted by atomic mass is 9.83. The zero-order chi connectivity index (χ0) is 64.0. The predicted molar refractivity (Wildman–Crippen MR) is 282 cm³/mol. The van der Waals surface area contributed by atoms with Crippen LogP contribution in [-0.4, -0.2) is 126 Å². The van der Waals surface area contributed by atoms with E-state index in [0.717, 1.165) is 97.2 Å². The van der Waals surface area contributed by atoms with Crippen molar-refractivity contribution in [2.45, 2.75) is 118 Å². The molecule has 440 valence electrons. The molecule has 1 atom stereocenters. The van der Waals surface area contributed by atoms with E-state index in [1.165, 1.54) is 0 Å². The SMILES string of the molecule is C=C(C)C(=O)OC(N(C)C)C(OC(=O)C(=C)C)(OC(=O)C(=C)C)C(OC(=O)C(=C)C)(OC(=O)C(=C)C)C(OC(=O)C(=C)C)(OC(=O)C(=C)C)C(OC(=O)C(=C)C)(OC(=O)C(=C)C)C(OC(=O)C(=C)C)(OC(=O)C(=C)C)OC(=O)C(=C)C. The van der Waals surface area contributed by atoms with Gasteiger partial charge in [-0.1, -0.05) is 78.9 Å². The Morgan fingerprint density at radius 2 is 0.432 bits per heavy atom. The Kier molecular flexibility index (Phi) is 24.6. The minimum atomic E-state index is -5.55. The third kappa shape index (κ3) is 16.1. The maximum absolute atomic E-state index is 15.3. The molecule has 0 spiro atoms. The lowest BCUT2D eigenvalue weighted by Crippen LogP contribution is -2.90. The van der Waals surface area contributed by atoms with Gasteiger partial charge in [0.15, 0.2) is 0 Å². The fourth-order valence-electron chi connectivity index (χ4n) is 5.31. The van der Waals surface area contributed by atoms with E-state index < -0.39 is 174 Å². The van der Waals surface area contributed by atoms with Gasteiger partial charge in [0.05, 0.1) is 0 Å². The Balaban J connectivity index is 13.2. The number of hydrogen-bond acceptors (Lipinski definition) is 25. The molecule has 81 heavy (non-hydrogen) atoms. The van der Waals surface area contributed by atoms with Gasteiger partial charge in [-0.3, -0.25) is 4.90 Å². The van der Waals surface area contributed by atoms with E-state index in [2.05, 4.69) is 78.9 Å². The van der Waals surface area contributed by atoms with Crippen LogP contribution in [0.5, 0.6) is 0 Å². The minimum absolute atomic E-state index is 0.570. The predicted octanol–water partition coefficient (Wildman–Crippen LogP) is 5.74. The third-order valence-corrected chi connectivity index (χ3v) is 9.51. The maximum Gasteiger partial charge on any atom is 0.516 e. The molecule has 0 heterocycles. The molecule has 0 saturated carbocycles. The van der Waals surface area contributed by atoms with Crippen LogP contribution >= 0.6 is 0 Å². The molecule has 0 N–H and O–H groups in total.